The SMILES string of the molecule is CC(CN)c1cnc2nccnn12. The Balaban J connectivity index is 2.57. The monoisotopic (exact) mass is 177 g/mol. The highest BCUT2D eigenvalue weighted by Gasteiger charge is 2.10. The Hall–Kier alpha value is -1.49. The van der Waals surface area contributed by atoms with Gasteiger partial charge in [-0.25, -0.2) is 14.5 Å². The van der Waals surface area contributed by atoms with Crippen molar-refractivity contribution in [2.24, 2.45) is 5.73 Å². The molecule has 5 heteroatoms. The van der Waals surface area contributed by atoms with Crippen molar-refractivity contribution in [3.8, 4) is 0 Å². The number of rotatable bonds is 2. The number of hydrogen-bond acceptors (Lipinski definition) is 4. The summed E-state index contributed by atoms with van der Waals surface area (Å²) < 4.78 is 1.72. The standard InChI is InChI=1S/C8H11N5/c1-6(4-9)7-5-11-8-10-2-3-12-13(7)8/h2-3,5-6H,4,9H2,1H3. The van der Waals surface area contributed by atoms with Crippen LogP contribution in [0.4, 0.5) is 0 Å². The van der Waals surface area contributed by atoms with E-state index in [2.05, 4.69) is 15.1 Å². The molecule has 0 aliphatic rings. The van der Waals surface area contributed by atoms with E-state index < -0.39 is 0 Å². The topological polar surface area (TPSA) is 69.1 Å². The maximum atomic E-state index is 5.56. The normalized spacial score (nSPS) is 13.4. The van der Waals surface area contributed by atoms with Crippen LogP contribution in [0.2, 0.25) is 0 Å². The van der Waals surface area contributed by atoms with E-state index in [9.17, 15) is 0 Å². The molecule has 0 bridgehead atoms. The molecular formula is C8H11N5. The average molecular weight is 177 g/mol. The molecule has 1 unspecified atom stereocenters. The van der Waals surface area contributed by atoms with E-state index in [1.807, 2.05) is 6.92 Å². The molecule has 0 fully saturated rings. The van der Waals surface area contributed by atoms with Crippen LogP contribution in [0.15, 0.2) is 18.6 Å². The van der Waals surface area contributed by atoms with Gasteiger partial charge < -0.3 is 5.73 Å². The first-order valence-corrected chi connectivity index (χ1v) is 4.17. The molecule has 0 radical (unpaired) electrons. The second-order valence-electron chi connectivity index (χ2n) is 2.97. The van der Waals surface area contributed by atoms with Crippen molar-refractivity contribution >= 4 is 5.78 Å². The summed E-state index contributed by atoms with van der Waals surface area (Å²) in [5.41, 5.74) is 6.57. The zero-order chi connectivity index (χ0) is 9.26. The fourth-order valence-electron chi connectivity index (χ4n) is 1.21. The minimum atomic E-state index is 0.256. The first-order chi connectivity index (χ1) is 6.33. The summed E-state index contributed by atoms with van der Waals surface area (Å²) in [7, 11) is 0. The highest BCUT2D eigenvalue weighted by atomic mass is 15.3. The Kier molecular flexibility index (Phi) is 1.94. The summed E-state index contributed by atoms with van der Waals surface area (Å²) in [4.78, 5) is 8.19. The summed E-state index contributed by atoms with van der Waals surface area (Å²) in [6.45, 7) is 2.63. The minimum Gasteiger partial charge on any atom is -0.330 e. The lowest BCUT2D eigenvalue weighted by molar-refractivity contribution is 0.703. The number of nitrogens with two attached hydrogens (primary N) is 1. The Labute approximate surface area is 75.6 Å². The Morgan fingerprint density at radius 3 is 3.08 bits per heavy atom. The molecule has 0 aromatic carbocycles. The lowest BCUT2D eigenvalue weighted by Crippen LogP contribution is -2.11. The van der Waals surface area contributed by atoms with E-state index in [0.717, 1.165) is 5.69 Å². The van der Waals surface area contributed by atoms with Gasteiger partial charge in [0.05, 0.1) is 24.3 Å². The molecule has 2 rings (SSSR count). The average Bonchev–Trinajstić information content (AvgIpc) is 2.60. The molecule has 68 valence electrons. The number of imidazole rings is 1. The molecule has 0 aliphatic carbocycles. The number of aromatic nitrogens is 4. The minimum absolute atomic E-state index is 0.256. The van der Waals surface area contributed by atoms with Crippen LogP contribution in [0.3, 0.4) is 0 Å². The fraction of sp³-hybridized carbons (Fsp3) is 0.375. The second-order valence-corrected chi connectivity index (χ2v) is 2.97. The van der Waals surface area contributed by atoms with Gasteiger partial charge in [-0.15, -0.1) is 0 Å². The lowest BCUT2D eigenvalue weighted by Gasteiger charge is -2.05. The molecular weight excluding hydrogens is 166 g/mol. The summed E-state index contributed by atoms with van der Waals surface area (Å²) in [5.74, 6) is 0.879. The van der Waals surface area contributed by atoms with Gasteiger partial charge in [-0.1, -0.05) is 6.92 Å². The van der Waals surface area contributed by atoms with Crippen LogP contribution < -0.4 is 5.73 Å². The van der Waals surface area contributed by atoms with Gasteiger partial charge in [0.2, 0.25) is 0 Å². The van der Waals surface area contributed by atoms with Gasteiger partial charge in [-0.2, -0.15) is 5.10 Å². The fourth-order valence-corrected chi connectivity index (χ4v) is 1.21. The quantitative estimate of drug-likeness (QED) is 0.710. The van der Waals surface area contributed by atoms with Crippen LogP contribution in [0.5, 0.6) is 0 Å². The molecule has 2 aromatic heterocycles. The number of nitrogens with zero attached hydrogens (tertiary/aromatic N) is 4. The molecule has 0 amide bonds. The summed E-state index contributed by atoms with van der Waals surface area (Å²) >= 11 is 0. The van der Waals surface area contributed by atoms with Crippen LogP contribution in [0.1, 0.15) is 18.5 Å². The summed E-state index contributed by atoms with van der Waals surface area (Å²) in [6.07, 6.45) is 5.04. The van der Waals surface area contributed by atoms with Gasteiger partial charge in [-0.3, -0.25) is 0 Å². The van der Waals surface area contributed by atoms with Crippen molar-refractivity contribution in [2.75, 3.05) is 6.54 Å². The molecule has 0 spiro atoms. The Bertz CT molecular complexity index is 408. The third kappa shape index (κ3) is 1.27. The molecule has 0 saturated carbocycles. The third-order valence-electron chi connectivity index (χ3n) is 2.04. The maximum absolute atomic E-state index is 5.56. The van der Waals surface area contributed by atoms with Crippen LogP contribution in [-0.4, -0.2) is 26.1 Å². The van der Waals surface area contributed by atoms with Crippen molar-refractivity contribution in [2.45, 2.75) is 12.8 Å². The van der Waals surface area contributed by atoms with Crippen LogP contribution in [-0.2, 0) is 0 Å². The third-order valence-corrected chi connectivity index (χ3v) is 2.04. The van der Waals surface area contributed by atoms with E-state index in [0.29, 0.717) is 12.3 Å². The molecule has 5 nitrogen and oxygen atoms in total. The van der Waals surface area contributed by atoms with Crippen molar-refractivity contribution in [3.63, 3.8) is 0 Å². The molecule has 0 saturated heterocycles. The highest BCUT2D eigenvalue weighted by Crippen LogP contribution is 2.12. The second kappa shape index (κ2) is 3.10. The van der Waals surface area contributed by atoms with Crippen molar-refractivity contribution in [1.29, 1.82) is 0 Å². The smallest absolute Gasteiger partial charge is 0.250 e. The Morgan fingerprint density at radius 2 is 2.31 bits per heavy atom. The lowest BCUT2D eigenvalue weighted by atomic mass is 10.1. The van der Waals surface area contributed by atoms with E-state index in [1.54, 1.807) is 23.1 Å². The number of fused-ring (bicyclic) bond motifs is 1. The molecule has 0 aliphatic heterocycles. The van der Waals surface area contributed by atoms with E-state index in [-0.39, 0.29) is 5.92 Å². The predicted molar refractivity (Wildman–Crippen MR) is 48.3 cm³/mol. The van der Waals surface area contributed by atoms with Gasteiger partial charge in [0.15, 0.2) is 0 Å². The van der Waals surface area contributed by atoms with Crippen LogP contribution in [0.25, 0.3) is 5.78 Å². The zero-order valence-corrected chi connectivity index (χ0v) is 7.38. The maximum Gasteiger partial charge on any atom is 0.250 e. The number of hydrogen-bond donors (Lipinski definition) is 1. The van der Waals surface area contributed by atoms with Gasteiger partial charge in [0, 0.05) is 12.5 Å². The zero-order valence-electron chi connectivity index (χ0n) is 7.38. The molecule has 13 heavy (non-hydrogen) atoms. The summed E-state index contributed by atoms with van der Waals surface area (Å²) in [5, 5.41) is 4.15. The van der Waals surface area contributed by atoms with Crippen LogP contribution >= 0.6 is 0 Å². The van der Waals surface area contributed by atoms with E-state index in [1.165, 1.54) is 0 Å². The molecule has 2 N–H and O–H groups in total. The van der Waals surface area contributed by atoms with E-state index >= 15 is 0 Å². The molecule has 1 atom stereocenters. The summed E-state index contributed by atoms with van der Waals surface area (Å²) in [6, 6.07) is 0. The van der Waals surface area contributed by atoms with Gasteiger partial charge in [0.25, 0.3) is 5.78 Å². The van der Waals surface area contributed by atoms with Gasteiger partial charge in [0.1, 0.15) is 0 Å². The molecule has 2 aromatic rings. The first kappa shape index (κ1) is 8.12. The van der Waals surface area contributed by atoms with Crippen molar-refractivity contribution < 1.29 is 0 Å². The van der Waals surface area contributed by atoms with E-state index in [4.69, 9.17) is 5.73 Å². The largest absolute Gasteiger partial charge is 0.330 e. The van der Waals surface area contributed by atoms with Crippen molar-refractivity contribution in [3.05, 3.63) is 24.3 Å². The molecule has 2 heterocycles. The van der Waals surface area contributed by atoms with Gasteiger partial charge in [-0.05, 0) is 0 Å². The van der Waals surface area contributed by atoms with Gasteiger partial charge >= 0.3 is 0 Å². The first-order valence-electron chi connectivity index (χ1n) is 4.17. The Morgan fingerprint density at radius 1 is 1.46 bits per heavy atom. The van der Waals surface area contributed by atoms with Crippen molar-refractivity contribution in [1.82, 2.24) is 19.6 Å². The predicted octanol–water partition coefficient (Wildman–Crippen LogP) is 0.186. The van der Waals surface area contributed by atoms with Crippen LogP contribution in [0, 0.1) is 0 Å². The highest BCUT2D eigenvalue weighted by molar-refractivity contribution is 5.29.